The van der Waals surface area contributed by atoms with Crippen LogP contribution in [-0.4, -0.2) is 0 Å². The van der Waals surface area contributed by atoms with E-state index in [9.17, 15) is 22.0 Å². The van der Waals surface area contributed by atoms with Gasteiger partial charge in [0, 0.05) is 12.1 Å². The van der Waals surface area contributed by atoms with Crippen molar-refractivity contribution in [2.45, 2.75) is 32.3 Å². The fraction of sp³-hybridized carbons (Fsp3) is 0.294. The first-order valence-corrected chi connectivity index (χ1v) is 7.14. The Morgan fingerprint density at radius 2 is 1.52 bits per heavy atom. The Hall–Kier alpha value is -2.11. The molecule has 6 heteroatoms. The summed E-state index contributed by atoms with van der Waals surface area (Å²) in [6.45, 7) is 2.03. The van der Waals surface area contributed by atoms with Gasteiger partial charge in [0.15, 0.2) is 17.5 Å². The first-order valence-electron chi connectivity index (χ1n) is 7.14. The van der Waals surface area contributed by atoms with Gasteiger partial charge in [-0.25, -0.2) is 13.2 Å². The Labute approximate surface area is 130 Å². The fourth-order valence-corrected chi connectivity index (χ4v) is 2.04. The molecule has 0 aromatic heterocycles. The molecule has 0 saturated carbocycles. The Bertz CT molecular complexity index is 644. The number of rotatable bonds is 6. The second-order valence-electron chi connectivity index (χ2n) is 5.12. The summed E-state index contributed by atoms with van der Waals surface area (Å²) in [6.07, 6.45) is -1.08. The number of halogens is 5. The quantitative estimate of drug-likeness (QED) is 0.497. The van der Waals surface area contributed by atoms with Crippen LogP contribution in [0.15, 0.2) is 36.4 Å². The number of benzene rings is 2. The molecular formula is C17H15F5O. The van der Waals surface area contributed by atoms with Gasteiger partial charge in [-0.2, -0.15) is 8.78 Å². The van der Waals surface area contributed by atoms with E-state index in [1.54, 1.807) is 12.1 Å². The van der Waals surface area contributed by atoms with Crippen molar-refractivity contribution in [1.29, 1.82) is 0 Å². The van der Waals surface area contributed by atoms with E-state index in [0.29, 0.717) is 12.1 Å². The molecule has 2 aromatic rings. The van der Waals surface area contributed by atoms with Crippen molar-refractivity contribution in [3.8, 4) is 5.75 Å². The van der Waals surface area contributed by atoms with E-state index in [1.165, 1.54) is 12.1 Å². The number of unbranched alkanes of at least 4 members (excludes halogenated alkanes) is 1. The van der Waals surface area contributed by atoms with Crippen LogP contribution < -0.4 is 4.74 Å². The number of aryl methyl sites for hydroxylation is 1. The lowest BCUT2D eigenvalue weighted by molar-refractivity contribution is -0.185. The third-order valence-corrected chi connectivity index (χ3v) is 3.31. The van der Waals surface area contributed by atoms with Crippen molar-refractivity contribution < 1.29 is 26.7 Å². The van der Waals surface area contributed by atoms with Crippen molar-refractivity contribution in [3.63, 3.8) is 0 Å². The van der Waals surface area contributed by atoms with Crippen molar-refractivity contribution in [2.75, 3.05) is 0 Å². The van der Waals surface area contributed by atoms with Gasteiger partial charge in [-0.15, -0.1) is 0 Å². The molecule has 0 heterocycles. The third-order valence-electron chi connectivity index (χ3n) is 3.31. The molecule has 0 aliphatic carbocycles. The maximum atomic E-state index is 14.0. The first kappa shape index (κ1) is 17.2. The summed E-state index contributed by atoms with van der Waals surface area (Å²) in [6, 6.07) is 6.24. The molecule has 0 atom stereocenters. The number of hydrogen-bond donors (Lipinski definition) is 0. The van der Waals surface area contributed by atoms with Gasteiger partial charge in [0.25, 0.3) is 0 Å². The summed E-state index contributed by atoms with van der Waals surface area (Å²) in [7, 11) is 0. The predicted octanol–water partition coefficient (Wildman–Crippen LogP) is 5.57. The molecule has 0 bridgehead atoms. The molecule has 0 spiro atoms. The zero-order valence-electron chi connectivity index (χ0n) is 12.4. The number of hydrogen-bond acceptors (Lipinski definition) is 1. The summed E-state index contributed by atoms with van der Waals surface area (Å²) in [4.78, 5) is 0. The highest BCUT2D eigenvalue weighted by Gasteiger charge is 2.35. The maximum Gasteiger partial charge on any atom is 0.426 e. The van der Waals surface area contributed by atoms with Crippen LogP contribution in [0.5, 0.6) is 5.75 Å². The van der Waals surface area contributed by atoms with E-state index < -0.39 is 34.9 Å². The Kier molecular flexibility index (Phi) is 5.23. The second kappa shape index (κ2) is 6.98. The molecule has 0 amide bonds. The molecule has 0 unspecified atom stereocenters. The Morgan fingerprint density at radius 1 is 0.957 bits per heavy atom. The van der Waals surface area contributed by atoms with Gasteiger partial charge in [0.1, 0.15) is 5.75 Å². The molecule has 1 nitrogen and oxygen atoms in total. The zero-order chi connectivity index (χ0) is 17.0. The van der Waals surface area contributed by atoms with E-state index in [2.05, 4.69) is 4.74 Å². The second-order valence-corrected chi connectivity index (χ2v) is 5.12. The van der Waals surface area contributed by atoms with Crippen LogP contribution in [-0.2, 0) is 12.5 Å². The van der Waals surface area contributed by atoms with Crippen molar-refractivity contribution >= 4 is 0 Å². The summed E-state index contributed by atoms with van der Waals surface area (Å²) in [5.74, 6) is -5.71. The van der Waals surface area contributed by atoms with Crippen LogP contribution in [0, 0.1) is 17.5 Å². The van der Waals surface area contributed by atoms with Crippen molar-refractivity contribution in [2.24, 2.45) is 0 Å². The monoisotopic (exact) mass is 330 g/mol. The van der Waals surface area contributed by atoms with Gasteiger partial charge in [-0.1, -0.05) is 25.5 Å². The van der Waals surface area contributed by atoms with E-state index in [0.717, 1.165) is 24.8 Å². The zero-order valence-corrected chi connectivity index (χ0v) is 12.4. The van der Waals surface area contributed by atoms with Crippen molar-refractivity contribution in [3.05, 3.63) is 65.0 Å². The molecule has 0 N–H and O–H groups in total. The summed E-state index contributed by atoms with van der Waals surface area (Å²) in [5, 5.41) is 0. The first-order chi connectivity index (χ1) is 10.8. The molecule has 0 aliphatic rings. The highest BCUT2D eigenvalue weighted by Crippen LogP contribution is 2.33. The standard InChI is InChI=1S/C17H15F5O/c1-2-3-4-11-5-7-12(8-6-11)17(21,22)23-13-9-14(18)16(20)15(19)10-13/h5-10H,2-4H2,1H3. The lowest BCUT2D eigenvalue weighted by atomic mass is 10.1. The highest BCUT2D eigenvalue weighted by atomic mass is 19.3. The molecule has 23 heavy (non-hydrogen) atoms. The van der Waals surface area contributed by atoms with Gasteiger partial charge < -0.3 is 4.74 Å². The third kappa shape index (κ3) is 4.21. The van der Waals surface area contributed by atoms with Crippen LogP contribution in [0.1, 0.15) is 30.9 Å². The van der Waals surface area contributed by atoms with E-state index in [4.69, 9.17) is 0 Å². The minimum atomic E-state index is -3.79. The van der Waals surface area contributed by atoms with E-state index in [1.807, 2.05) is 6.92 Å². The SMILES string of the molecule is CCCCc1ccc(C(F)(F)Oc2cc(F)c(F)c(F)c2)cc1. The van der Waals surface area contributed by atoms with Crippen LogP contribution in [0.2, 0.25) is 0 Å². The van der Waals surface area contributed by atoms with E-state index >= 15 is 0 Å². The average Bonchev–Trinajstić information content (AvgIpc) is 2.50. The van der Waals surface area contributed by atoms with Gasteiger partial charge >= 0.3 is 6.11 Å². The molecule has 2 aromatic carbocycles. The van der Waals surface area contributed by atoms with Crippen LogP contribution in [0.3, 0.4) is 0 Å². The minimum Gasteiger partial charge on any atom is -0.429 e. The molecule has 0 saturated heterocycles. The fourth-order valence-electron chi connectivity index (χ4n) is 2.04. The number of alkyl halides is 2. The maximum absolute atomic E-state index is 14.0. The molecular weight excluding hydrogens is 315 g/mol. The largest absolute Gasteiger partial charge is 0.429 e. The smallest absolute Gasteiger partial charge is 0.426 e. The normalized spacial score (nSPS) is 11.6. The van der Waals surface area contributed by atoms with Gasteiger partial charge in [-0.3, -0.25) is 0 Å². The summed E-state index contributed by atoms with van der Waals surface area (Å²) >= 11 is 0. The molecule has 0 fully saturated rings. The summed E-state index contributed by atoms with van der Waals surface area (Å²) < 4.78 is 71.3. The van der Waals surface area contributed by atoms with Gasteiger partial charge in [0.2, 0.25) is 0 Å². The lowest BCUT2D eigenvalue weighted by Gasteiger charge is -2.18. The Balaban J connectivity index is 2.18. The minimum absolute atomic E-state index is 0.377. The molecule has 124 valence electrons. The highest BCUT2D eigenvalue weighted by molar-refractivity contribution is 5.29. The van der Waals surface area contributed by atoms with Crippen LogP contribution >= 0.6 is 0 Å². The topological polar surface area (TPSA) is 9.23 Å². The molecule has 0 aliphatic heterocycles. The molecule has 0 radical (unpaired) electrons. The van der Waals surface area contributed by atoms with Gasteiger partial charge in [0.05, 0.1) is 5.56 Å². The average molecular weight is 330 g/mol. The lowest BCUT2D eigenvalue weighted by Crippen LogP contribution is -2.22. The van der Waals surface area contributed by atoms with Crippen LogP contribution in [0.25, 0.3) is 0 Å². The molecule has 2 rings (SSSR count). The van der Waals surface area contributed by atoms with Gasteiger partial charge in [-0.05, 0) is 30.5 Å². The van der Waals surface area contributed by atoms with Crippen molar-refractivity contribution in [1.82, 2.24) is 0 Å². The predicted molar refractivity (Wildman–Crippen MR) is 75.9 cm³/mol. The van der Waals surface area contributed by atoms with Crippen LogP contribution in [0.4, 0.5) is 22.0 Å². The number of ether oxygens (including phenoxy) is 1. The van der Waals surface area contributed by atoms with E-state index in [-0.39, 0.29) is 0 Å². The summed E-state index contributed by atoms with van der Waals surface area (Å²) in [5.41, 5.74) is 0.452. The Morgan fingerprint density at radius 3 is 2.04 bits per heavy atom.